The van der Waals surface area contributed by atoms with Crippen molar-refractivity contribution in [2.45, 2.75) is 13.2 Å². The van der Waals surface area contributed by atoms with Gasteiger partial charge in [-0.3, -0.25) is 0 Å². The van der Waals surface area contributed by atoms with Crippen molar-refractivity contribution in [1.82, 2.24) is 5.32 Å². The molecule has 0 bridgehead atoms. The molecule has 0 spiro atoms. The Morgan fingerprint density at radius 2 is 2.10 bits per heavy atom. The fourth-order valence-electron chi connectivity index (χ4n) is 1.91. The number of rotatable bonds is 5. The first-order chi connectivity index (χ1) is 9.72. The summed E-state index contributed by atoms with van der Waals surface area (Å²) in [6.07, 6.45) is 0. The highest BCUT2D eigenvalue weighted by Crippen LogP contribution is 2.24. The topological polar surface area (TPSA) is 45.0 Å². The van der Waals surface area contributed by atoms with Gasteiger partial charge >= 0.3 is 0 Å². The van der Waals surface area contributed by atoms with Gasteiger partial charge in [-0.15, -0.1) is 0 Å². The summed E-state index contributed by atoms with van der Waals surface area (Å²) in [6.45, 7) is 1.20. The Labute approximate surface area is 127 Å². The van der Waals surface area contributed by atoms with Gasteiger partial charge in [0.25, 0.3) is 0 Å². The molecule has 102 valence electrons. The van der Waals surface area contributed by atoms with E-state index >= 15 is 0 Å². The molecule has 2 aromatic rings. The predicted octanol–water partition coefficient (Wildman–Crippen LogP) is 3.62. The third-order valence-electron chi connectivity index (χ3n) is 2.84. The van der Waals surface area contributed by atoms with Crippen LogP contribution in [0.3, 0.4) is 0 Å². The second-order valence-corrected chi connectivity index (χ2v) is 5.30. The van der Waals surface area contributed by atoms with Crippen LogP contribution in [0.5, 0.6) is 5.75 Å². The number of hydrogen-bond donors (Lipinski definition) is 1. The Bertz CT molecular complexity index is 635. The second-order valence-electron chi connectivity index (χ2n) is 4.38. The van der Waals surface area contributed by atoms with Gasteiger partial charge in [0.2, 0.25) is 0 Å². The van der Waals surface area contributed by atoms with Crippen molar-refractivity contribution in [2.75, 3.05) is 7.05 Å². The zero-order chi connectivity index (χ0) is 14.4. The molecule has 4 heteroatoms. The van der Waals surface area contributed by atoms with Gasteiger partial charge in [0.1, 0.15) is 12.4 Å². The summed E-state index contributed by atoms with van der Waals surface area (Å²) in [5, 5.41) is 12.0. The third kappa shape index (κ3) is 3.83. The molecule has 1 N–H and O–H groups in total. The molecule has 0 aliphatic heterocycles. The van der Waals surface area contributed by atoms with Gasteiger partial charge in [-0.25, -0.2) is 0 Å². The number of benzene rings is 2. The summed E-state index contributed by atoms with van der Waals surface area (Å²) < 4.78 is 6.89. The highest BCUT2D eigenvalue weighted by atomic mass is 79.9. The van der Waals surface area contributed by atoms with Crippen molar-refractivity contribution in [1.29, 1.82) is 5.26 Å². The van der Waals surface area contributed by atoms with Crippen LogP contribution in [0.1, 0.15) is 16.7 Å². The minimum absolute atomic E-state index is 0.452. The molecule has 0 fully saturated rings. The molecule has 2 rings (SSSR count). The molecule has 0 radical (unpaired) electrons. The van der Waals surface area contributed by atoms with E-state index in [2.05, 4.69) is 27.3 Å². The van der Waals surface area contributed by atoms with E-state index in [1.807, 2.05) is 43.4 Å². The third-order valence-corrected chi connectivity index (χ3v) is 3.33. The molecular weight excluding hydrogens is 316 g/mol. The fraction of sp³-hybridized carbons (Fsp3) is 0.188. The summed E-state index contributed by atoms with van der Waals surface area (Å²) in [4.78, 5) is 0. The molecule has 0 heterocycles. The summed E-state index contributed by atoms with van der Waals surface area (Å²) in [5.41, 5.74) is 2.73. The molecule has 0 aliphatic rings. The van der Waals surface area contributed by atoms with Gasteiger partial charge in [0.05, 0.1) is 11.6 Å². The number of nitrogens with zero attached hydrogens (tertiary/aromatic N) is 1. The van der Waals surface area contributed by atoms with E-state index in [1.54, 1.807) is 6.07 Å². The molecule has 20 heavy (non-hydrogen) atoms. The van der Waals surface area contributed by atoms with Crippen molar-refractivity contribution >= 4 is 15.9 Å². The average Bonchev–Trinajstić information content (AvgIpc) is 2.47. The first-order valence-corrected chi connectivity index (χ1v) is 7.07. The number of nitriles is 1. The van der Waals surface area contributed by atoms with E-state index in [-0.39, 0.29) is 0 Å². The van der Waals surface area contributed by atoms with Gasteiger partial charge in [-0.2, -0.15) is 5.26 Å². The first kappa shape index (κ1) is 14.6. The van der Waals surface area contributed by atoms with Crippen LogP contribution in [0.25, 0.3) is 0 Å². The van der Waals surface area contributed by atoms with E-state index in [0.717, 1.165) is 27.9 Å². The maximum atomic E-state index is 8.89. The minimum atomic E-state index is 0.452. The van der Waals surface area contributed by atoms with Crippen molar-refractivity contribution < 1.29 is 4.74 Å². The van der Waals surface area contributed by atoms with Crippen LogP contribution in [-0.4, -0.2) is 7.05 Å². The lowest BCUT2D eigenvalue weighted by Gasteiger charge is -2.12. The average molecular weight is 331 g/mol. The minimum Gasteiger partial charge on any atom is -0.489 e. The largest absolute Gasteiger partial charge is 0.489 e. The van der Waals surface area contributed by atoms with Crippen molar-refractivity contribution in [3.05, 3.63) is 63.6 Å². The zero-order valence-electron chi connectivity index (χ0n) is 11.2. The molecular formula is C16H15BrN2O. The lowest BCUT2D eigenvalue weighted by atomic mass is 10.1. The molecule has 0 unspecified atom stereocenters. The number of hydrogen-bond acceptors (Lipinski definition) is 3. The van der Waals surface area contributed by atoms with Crippen LogP contribution in [0.4, 0.5) is 0 Å². The summed E-state index contributed by atoms with van der Waals surface area (Å²) in [5.74, 6) is 0.852. The molecule has 0 aliphatic carbocycles. The van der Waals surface area contributed by atoms with E-state index in [9.17, 15) is 0 Å². The van der Waals surface area contributed by atoms with Crippen LogP contribution >= 0.6 is 15.9 Å². The lowest BCUT2D eigenvalue weighted by Crippen LogP contribution is -2.07. The van der Waals surface area contributed by atoms with Crippen molar-refractivity contribution in [3.8, 4) is 11.8 Å². The fourth-order valence-corrected chi connectivity index (χ4v) is 2.32. The van der Waals surface area contributed by atoms with E-state index in [4.69, 9.17) is 10.00 Å². The molecule has 2 aromatic carbocycles. The quantitative estimate of drug-likeness (QED) is 0.910. The molecule has 0 amide bonds. The van der Waals surface area contributed by atoms with E-state index < -0.39 is 0 Å². The van der Waals surface area contributed by atoms with Gasteiger partial charge in [0.15, 0.2) is 0 Å². The van der Waals surface area contributed by atoms with Gasteiger partial charge in [-0.05, 0) is 42.9 Å². The van der Waals surface area contributed by atoms with Gasteiger partial charge < -0.3 is 10.1 Å². The van der Waals surface area contributed by atoms with Gasteiger partial charge in [-0.1, -0.05) is 28.1 Å². The van der Waals surface area contributed by atoms with E-state index in [0.29, 0.717) is 12.2 Å². The Kier molecular flexibility index (Phi) is 5.16. The summed E-state index contributed by atoms with van der Waals surface area (Å²) in [6, 6.07) is 15.5. The maximum absolute atomic E-state index is 8.89. The highest BCUT2D eigenvalue weighted by Gasteiger charge is 2.05. The van der Waals surface area contributed by atoms with Gasteiger partial charge in [0, 0.05) is 16.6 Å². The zero-order valence-corrected chi connectivity index (χ0v) is 12.8. The Morgan fingerprint density at radius 3 is 2.85 bits per heavy atom. The normalized spacial score (nSPS) is 10.1. The summed E-state index contributed by atoms with van der Waals surface area (Å²) >= 11 is 3.46. The number of halogens is 1. The SMILES string of the molecule is CNCc1cc(Br)ccc1OCc1cccc(C#N)c1. The monoisotopic (exact) mass is 330 g/mol. The first-order valence-electron chi connectivity index (χ1n) is 6.28. The Morgan fingerprint density at radius 1 is 1.25 bits per heavy atom. The van der Waals surface area contributed by atoms with Crippen molar-refractivity contribution in [3.63, 3.8) is 0 Å². The van der Waals surface area contributed by atoms with Crippen LogP contribution in [-0.2, 0) is 13.2 Å². The maximum Gasteiger partial charge on any atom is 0.124 e. The number of nitrogens with one attached hydrogen (secondary N) is 1. The Hall–Kier alpha value is -1.83. The Balaban J connectivity index is 2.12. The molecule has 0 aromatic heterocycles. The molecule has 0 atom stereocenters. The second kappa shape index (κ2) is 7.09. The lowest BCUT2D eigenvalue weighted by molar-refractivity contribution is 0.302. The molecule has 0 saturated heterocycles. The highest BCUT2D eigenvalue weighted by molar-refractivity contribution is 9.10. The smallest absolute Gasteiger partial charge is 0.124 e. The van der Waals surface area contributed by atoms with Crippen molar-refractivity contribution in [2.24, 2.45) is 0 Å². The molecule has 0 saturated carbocycles. The van der Waals surface area contributed by atoms with Crippen LogP contribution in [0, 0.1) is 11.3 Å². The predicted molar refractivity (Wildman–Crippen MR) is 82.4 cm³/mol. The summed E-state index contributed by atoms with van der Waals surface area (Å²) in [7, 11) is 1.90. The van der Waals surface area contributed by atoms with Crippen LogP contribution in [0.2, 0.25) is 0 Å². The van der Waals surface area contributed by atoms with Crippen LogP contribution in [0.15, 0.2) is 46.9 Å². The van der Waals surface area contributed by atoms with E-state index in [1.165, 1.54) is 0 Å². The van der Waals surface area contributed by atoms with Crippen LogP contribution < -0.4 is 10.1 Å². The standard InChI is InChI=1S/C16H15BrN2O/c1-19-10-14-8-15(17)5-6-16(14)20-11-13-4-2-3-12(7-13)9-18/h2-8,19H,10-11H2,1H3. The molecule has 3 nitrogen and oxygen atoms in total. The number of ether oxygens (including phenoxy) is 1.